The van der Waals surface area contributed by atoms with Crippen LogP contribution in [-0.4, -0.2) is 39.8 Å². The topological polar surface area (TPSA) is 92.3 Å². The van der Waals surface area contributed by atoms with Crippen molar-refractivity contribution in [2.75, 3.05) is 33.3 Å². The Morgan fingerprint density at radius 2 is 1.56 bits per heavy atom. The Bertz CT molecular complexity index is 1150. The van der Waals surface area contributed by atoms with Gasteiger partial charge in [0.2, 0.25) is 0 Å². The minimum absolute atomic E-state index is 0.213. The fraction of sp³-hybridized carbons (Fsp3) is 0.200. The lowest BCUT2D eigenvalue weighted by Crippen LogP contribution is -2.21. The quantitative estimate of drug-likeness (QED) is 0.414. The van der Waals surface area contributed by atoms with Gasteiger partial charge in [0.25, 0.3) is 5.91 Å². The highest BCUT2D eigenvalue weighted by atomic mass is 35.5. The lowest BCUT2D eigenvalue weighted by Gasteiger charge is -2.13. The van der Waals surface area contributed by atoms with Gasteiger partial charge >= 0.3 is 5.97 Å². The Morgan fingerprint density at radius 3 is 2.24 bits per heavy atom. The molecular weight excluding hydrogens is 462 g/mol. The minimum Gasteiger partial charge on any atom is -0.497 e. The van der Waals surface area contributed by atoms with E-state index in [1.807, 2.05) is 12.1 Å². The van der Waals surface area contributed by atoms with E-state index in [0.717, 1.165) is 5.56 Å². The monoisotopic (exact) mass is 485 g/mol. The summed E-state index contributed by atoms with van der Waals surface area (Å²) in [5, 5.41) is 3.28. The zero-order valence-electron chi connectivity index (χ0n) is 18.9. The molecule has 34 heavy (non-hydrogen) atoms. The summed E-state index contributed by atoms with van der Waals surface area (Å²) in [6.45, 7) is -0.183. The number of ether oxygens (including phenoxy) is 5. The molecule has 0 aliphatic rings. The van der Waals surface area contributed by atoms with E-state index in [4.69, 9.17) is 35.3 Å². The third kappa shape index (κ3) is 6.55. The van der Waals surface area contributed by atoms with Crippen molar-refractivity contribution in [1.29, 1.82) is 0 Å². The van der Waals surface area contributed by atoms with Gasteiger partial charge in [0.1, 0.15) is 18.1 Å². The molecule has 0 bridgehead atoms. The Kier molecular flexibility index (Phi) is 8.59. The van der Waals surface area contributed by atoms with Gasteiger partial charge in [0.15, 0.2) is 18.1 Å². The van der Waals surface area contributed by atoms with Crippen molar-refractivity contribution in [3.05, 3.63) is 76.8 Å². The van der Waals surface area contributed by atoms with Crippen LogP contribution in [0, 0.1) is 0 Å². The number of esters is 1. The molecule has 178 valence electrons. The van der Waals surface area contributed by atoms with Crippen LogP contribution in [-0.2, 0) is 16.1 Å². The average Bonchev–Trinajstić information content (AvgIpc) is 2.87. The van der Waals surface area contributed by atoms with Crippen molar-refractivity contribution in [2.45, 2.75) is 6.61 Å². The van der Waals surface area contributed by atoms with E-state index in [2.05, 4.69) is 5.32 Å². The Labute approximate surface area is 202 Å². The largest absolute Gasteiger partial charge is 0.497 e. The molecule has 9 heteroatoms. The lowest BCUT2D eigenvalue weighted by atomic mass is 10.2. The fourth-order valence-corrected chi connectivity index (χ4v) is 3.08. The van der Waals surface area contributed by atoms with E-state index >= 15 is 0 Å². The maximum Gasteiger partial charge on any atom is 0.338 e. The van der Waals surface area contributed by atoms with Gasteiger partial charge in [-0.05, 0) is 48.0 Å². The average molecular weight is 486 g/mol. The first-order valence-electron chi connectivity index (χ1n) is 10.2. The standard InChI is InChI=1S/C25H24ClNO7/c1-30-19-9-10-20(22(13-19)31-2)27-24(28)15-34-25(29)17-6-11-21(23(12-17)32-3)33-14-16-4-7-18(26)8-5-16/h4-13H,14-15H2,1-3H3,(H,27,28). The fourth-order valence-electron chi connectivity index (χ4n) is 2.96. The highest BCUT2D eigenvalue weighted by molar-refractivity contribution is 6.30. The number of amides is 1. The summed E-state index contributed by atoms with van der Waals surface area (Å²) in [4.78, 5) is 24.7. The van der Waals surface area contributed by atoms with E-state index in [-0.39, 0.29) is 5.56 Å². The van der Waals surface area contributed by atoms with E-state index in [1.54, 1.807) is 36.4 Å². The second-order valence-corrected chi connectivity index (χ2v) is 7.41. The lowest BCUT2D eigenvalue weighted by molar-refractivity contribution is -0.119. The molecule has 1 N–H and O–H groups in total. The molecule has 0 heterocycles. The first kappa shape index (κ1) is 24.7. The van der Waals surface area contributed by atoms with Crippen LogP contribution in [0.25, 0.3) is 0 Å². The number of carbonyl (C=O) groups excluding carboxylic acids is 2. The summed E-state index contributed by atoms with van der Waals surface area (Å²) in [6.07, 6.45) is 0. The molecule has 3 aromatic rings. The van der Waals surface area contributed by atoms with Crippen LogP contribution < -0.4 is 24.3 Å². The van der Waals surface area contributed by atoms with Gasteiger partial charge in [-0.25, -0.2) is 4.79 Å². The second kappa shape index (κ2) is 11.8. The van der Waals surface area contributed by atoms with Crippen molar-refractivity contribution in [3.8, 4) is 23.0 Å². The zero-order chi connectivity index (χ0) is 24.5. The highest BCUT2D eigenvalue weighted by Crippen LogP contribution is 2.30. The van der Waals surface area contributed by atoms with Crippen molar-refractivity contribution in [3.63, 3.8) is 0 Å². The predicted molar refractivity (Wildman–Crippen MR) is 127 cm³/mol. The molecule has 0 atom stereocenters. The van der Waals surface area contributed by atoms with Gasteiger partial charge in [-0.3, -0.25) is 4.79 Å². The van der Waals surface area contributed by atoms with E-state index in [1.165, 1.54) is 33.5 Å². The molecule has 3 rings (SSSR count). The van der Waals surface area contributed by atoms with Crippen LogP contribution in [0.4, 0.5) is 5.69 Å². The van der Waals surface area contributed by atoms with Crippen molar-refractivity contribution in [2.24, 2.45) is 0 Å². The van der Waals surface area contributed by atoms with Gasteiger partial charge in [-0.2, -0.15) is 0 Å². The summed E-state index contributed by atoms with van der Waals surface area (Å²) in [6, 6.07) is 16.8. The summed E-state index contributed by atoms with van der Waals surface area (Å²) in [5.41, 5.74) is 1.56. The number of halogens is 1. The summed E-state index contributed by atoms with van der Waals surface area (Å²) >= 11 is 5.89. The van der Waals surface area contributed by atoms with Crippen LogP contribution >= 0.6 is 11.6 Å². The number of methoxy groups -OCH3 is 3. The molecule has 0 aromatic heterocycles. The Morgan fingerprint density at radius 1 is 0.824 bits per heavy atom. The van der Waals surface area contributed by atoms with E-state index in [9.17, 15) is 9.59 Å². The normalized spacial score (nSPS) is 10.2. The zero-order valence-corrected chi connectivity index (χ0v) is 19.7. The van der Waals surface area contributed by atoms with Crippen molar-refractivity contribution < 1.29 is 33.3 Å². The maximum absolute atomic E-state index is 12.4. The molecule has 8 nitrogen and oxygen atoms in total. The molecule has 0 aliphatic carbocycles. The van der Waals surface area contributed by atoms with Crippen LogP contribution in [0.15, 0.2) is 60.7 Å². The second-order valence-electron chi connectivity index (χ2n) is 6.97. The SMILES string of the molecule is COc1ccc(NC(=O)COC(=O)c2ccc(OCc3ccc(Cl)cc3)c(OC)c2)c(OC)c1. The number of hydrogen-bond acceptors (Lipinski definition) is 7. The predicted octanol–water partition coefficient (Wildman–Crippen LogP) is 4.74. The molecule has 0 fully saturated rings. The van der Waals surface area contributed by atoms with Crippen molar-refractivity contribution in [1.82, 2.24) is 0 Å². The number of nitrogens with one attached hydrogen (secondary N) is 1. The molecule has 0 spiro atoms. The minimum atomic E-state index is -0.681. The van der Waals surface area contributed by atoms with E-state index < -0.39 is 18.5 Å². The number of carbonyl (C=O) groups is 2. The first-order valence-corrected chi connectivity index (χ1v) is 10.6. The van der Waals surface area contributed by atoms with Crippen LogP contribution in [0.2, 0.25) is 5.02 Å². The highest BCUT2D eigenvalue weighted by Gasteiger charge is 2.15. The van der Waals surface area contributed by atoms with Gasteiger partial charge in [0, 0.05) is 11.1 Å². The molecular formula is C25H24ClNO7. The molecule has 0 saturated carbocycles. The Balaban J connectivity index is 1.58. The van der Waals surface area contributed by atoms with Crippen LogP contribution in [0.5, 0.6) is 23.0 Å². The van der Waals surface area contributed by atoms with E-state index in [0.29, 0.717) is 40.3 Å². The van der Waals surface area contributed by atoms with Crippen LogP contribution in [0.3, 0.4) is 0 Å². The van der Waals surface area contributed by atoms with Gasteiger partial charge in [0.05, 0.1) is 32.6 Å². The summed E-state index contributed by atoms with van der Waals surface area (Å²) in [5.74, 6) is 0.606. The van der Waals surface area contributed by atoms with Gasteiger partial charge in [-0.15, -0.1) is 0 Å². The number of hydrogen-bond donors (Lipinski definition) is 1. The molecule has 0 radical (unpaired) electrons. The molecule has 0 aliphatic heterocycles. The third-order valence-corrected chi connectivity index (χ3v) is 4.98. The third-order valence-electron chi connectivity index (χ3n) is 4.72. The van der Waals surface area contributed by atoms with Gasteiger partial charge in [-0.1, -0.05) is 23.7 Å². The number of benzene rings is 3. The first-order chi connectivity index (χ1) is 16.4. The molecule has 0 unspecified atom stereocenters. The molecule has 0 saturated heterocycles. The van der Waals surface area contributed by atoms with Crippen molar-refractivity contribution >= 4 is 29.2 Å². The molecule has 3 aromatic carbocycles. The Hall–Kier alpha value is -3.91. The summed E-state index contributed by atoms with van der Waals surface area (Å²) in [7, 11) is 4.47. The molecule has 1 amide bonds. The van der Waals surface area contributed by atoms with Gasteiger partial charge < -0.3 is 29.0 Å². The summed E-state index contributed by atoms with van der Waals surface area (Å²) < 4.78 is 26.6. The maximum atomic E-state index is 12.4. The van der Waals surface area contributed by atoms with Crippen LogP contribution in [0.1, 0.15) is 15.9 Å². The number of rotatable bonds is 10. The smallest absolute Gasteiger partial charge is 0.338 e. The number of anilines is 1.